The Bertz CT molecular complexity index is 534. The van der Waals surface area contributed by atoms with Gasteiger partial charge in [-0.2, -0.15) is 0 Å². The van der Waals surface area contributed by atoms with Gasteiger partial charge in [0.25, 0.3) is 0 Å². The van der Waals surface area contributed by atoms with Gasteiger partial charge in [-0.3, -0.25) is 4.79 Å². The Labute approximate surface area is 99.1 Å². The number of nitrogens with one attached hydrogen (secondary N) is 1. The van der Waals surface area contributed by atoms with Crippen molar-refractivity contribution in [2.24, 2.45) is 0 Å². The SMILES string of the molecule is Cc1ccn2cc(CC(=O)NCCO)nc2c1. The van der Waals surface area contributed by atoms with Gasteiger partial charge in [-0.25, -0.2) is 4.98 Å². The van der Waals surface area contributed by atoms with Crippen LogP contribution in [0.2, 0.25) is 0 Å². The number of imidazole rings is 1. The van der Waals surface area contributed by atoms with Gasteiger partial charge in [0.2, 0.25) is 5.91 Å². The Morgan fingerprint density at radius 1 is 1.59 bits per heavy atom. The number of hydrogen-bond donors (Lipinski definition) is 2. The van der Waals surface area contributed by atoms with Crippen molar-refractivity contribution in [3.05, 3.63) is 35.8 Å². The van der Waals surface area contributed by atoms with E-state index in [9.17, 15) is 4.79 Å². The molecule has 0 aliphatic heterocycles. The van der Waals surface area contributed by atoms with Gasteiger partial charge in [-0.05, 0) is 24.6 Å². The summed E-state index contributed by atoms with van der Waals surface area (Å²) in [6.45, 7) is 2.24. The average Bonchev–Trinajstić information content (AvgIpc) is 2.67. The third kappa shape index (κ3) is 2.82. The number of aryl methyl sites for hydroxylation is 1. The fraction of sp³-hybridized carbons (Fsp3) is 0.333. The molecular weight excluding hydrogens is 218 g/mol. The first-order valence-electron chi connectivity index (χ1n) is 5.51. The van der Waals surface area contributed by atoms with Crippen LogP contribution in [-0.2, 0) is 11.2 Å². The highest BCUT2D eigenvalue weighted by Gasteiger charge is 2.06. The number of amides is 1. The highest BCUT2D eigenvalue weighted by Crippen LogP contribution is 2.07. The molecule has 0 aliphatic carbocycles. The van der Waals surface area contributed by atoms with E-state index in [2.05, 4.69) is 10.3 Å². The van der Waals surface area contributed by atoms with E-state index >= 15 is 0 Å². The van der Waals surface area contributed by atoms with Gasteiger partial charge in [-0.1, -0.05) is 0 Å². The molecule has 2 aromatic heterocycles. The second-order valence-corrected chi connectivity index (χ2v) is 3.95. The first-order valence-corrected chi connectivity index (χ1v) is 5.51. The van der Waals surface area contributed by atoms with Crippen LogP contribution in [0.25, 0.3) is 5.65 Å². The predicted octanol–water partition coefficient (Wildman–Crippen LogP) is 0.294. The first-order chi connectivity index (χ1) is 8.19. The minimum atomic E-state index is -0.126. The molecule has 0 aromatic carbocycles. The molecule has 2 N–H and O–H groups in total. The summed E-state index contributed by atoms with van der Waals surface area (Å²) in [4.78, 5) is 15.8. The Hall–Kier alpha value is -1.88. The van der Waals surface area contributed by atoms with Crippen molar-refractivity contribution in [3.8, 4) is 0 Å². The van der Waals surface area contributed by atoms with E-state index in [4.69, 9.17) is 5.11 Å². The summed E-state index contributed by atoms with van der Waals surface area (Å²) in [6.07, 6.45) is 4.00. The van der Waals surface area contributed by atoms with Crippen LogP contribution in [0.5, 0.6) is 0 Å². The molecule has 5 nitrogen and oxygen atoms in total. The summed E-state index contributed by atoms with van der Waals surface area (Å²) in [5, 5.41) is 11.2. The van der Waals surface area contributed by atoms with Crippen LogP contribution in [0.4, 0.5) is 0 Å². The highest BCUT2D eigenvalue weighted by atomic mass is 16.3. The number of nitrogens with zero attached hydrogens (tertiary/aromatic N) is 2. The Balaban J connectivity index is 2.11. The van der Waals surface area contributed by atoms with Crippen molar-refractivity contribution < 1.29 is 9.90 Å². The number of aliphatic hydroxyl groups excluding tert-OH is 1. The summed E-state index contributed by atoms with van der Waals surface area (Å²) >= 11 is 0. The molecule has 2 rings (SSSR count). The normalized spacial score (nSPS) is 10.7. The molecule has 0 aliphatic rings. The topological polar surface area (TPSA) is 66.6 Å². The third-order valence-electron chi connectivity index (χ3n) is 2.44. The third-order valence-corrected chi connectivity index (χ3v) is 2.44. The van der Waals surface area contributed by atoms with Crippen LogP contribution in [-0.4, -0.2) is 33.6 Å². The fourth-order valence-corrected chi connectivity index (χ4v) is 1.64. The number of aromatic nitrogens is 2. The molecule has 0 radical (unpaired) electrons. The molecule has 2 aromatic rings. The van der Waals surface area contributed by atoms with Crippen LogP contribution in [0.1, 0.15) is 11.3 Å². The van der Waals surface area contributed by atoms with Gasteiger partial charge in [0.05, 0.1) is 18.7 Å². The van der Waals surface area contributed by atoms with Crippen LogP contribution < -0.4 is 5.32 Å². The number of carbonyl (C=O) groups excluding carboxylic acids is 1. The lowest BCUT2D eigenvalue weighted by Crippen LogP contribution is -2.27. The minimum absolute atomic E-state index is 0.0455. The summed E-state index contributed by atoms with van der Waals surface area (Å²) in [5.74, 6) is -0.126. The van der Waals surface area contributed by atoms with Gasteiger partial charge in [-0.15, -0.1) is 0 Å². The van der Waals surface area contributed by atoms with Crippen molar-refractivity contribution in [2.75, 3.05) is 13.2 Å². The van der Waals surface area contributed by atoms with E-state index in [0.717, 1.165) is 16.9 Å². The van der Waals surface area contributed by atoms with E-state index < -0.39 is 0 Å². The fourth-order valence-electron chi connectivity index (χ4n) is 1.64. The highest BCUT2D eigenvalue weighted by molar-refractivity contribution is 5.78. The second-order valence-electron chi connectivity index (χ2n) is 3.95. The van der Waals surface area contributed by atoms with Crippen LogP contribution in [0, 0.1) is 6.92 Å². The Morgan fingerprint density at radius 3 is 3.18 bits per heavy atom. The molecule has 2 heterocycles. The van der Waals surface area contributed by atoms with Crippen molar-refractivity contribution in [1.29, 1.82) is 0 Å². The van der Waals surface area contributed by atoms with E-state index in [1.54, 1.807) is 0 Å². The molecule has 0 atom stereocenters. The molecule has 0 saturated carbocycles. The maximum absolute atomic E-state index is 11.4. The van der Waals surface area contributed by atoms with Gasteiger partial charge in [0.15, 0.2) is 0 Å². The van der Waals surface area contributed by atoms with E-state index in [1.807, 2.05) is 35.9 Å². The molecular formula is C12H15N3O2. The standard InChI is InChI=1S/C12H15N3O2/c1-9-2-4-15-8-10(14-11(15)6-9)7-12(17)13-3-5-16/h2,4,6,8,16H,3,5,7H2,1H3,(H,13,17). The van der Waals surface area contributed by atoms with E-state index in [1.165, 1.54) is 0 Å². The lowest BCUT2D eigenvalue weighted by Gasteiger charge is -1.99. The summed E-state index contributed by atoms with van der Waals surface area (Å²) in [7, 11) is 0. The quantitative estimate of drug-likeness (QED) is 0.798. The lowest BCUT2D eigenvalue weighted by molar-refractivity contribution is -0.120. The Kier molecular flexibility index (Phi) is 3.39. The van der Waals surface area contributed by atoms with Crippen molar-refractivity contribution in [3.63, 3.8) is 0 Å². The number of fused-ring (bicyclic) bond motifs is 1. The molecule has 0 spiro atoms. The number of carbonyl (C=O) groups is 1. The molecule has 0 fully saturated rings. The summed E-state index contributed by atoms with van der Waals surface area (Å²) in [6, 6.07) is 3.96. The summed E-state index contributed by atoms with van der Waals surface area (Å²) in [5.41, 5.74) is 2.71. The van der Waals surface area contributed by atoms with Crippen molar-refractivity contribution in [2.45, 2.75) is 13.3 Å². The van der Waals surface area contributed by atoms with Gasteiger partial charge in [0.1, 0.15) is 5.65 Å². The molecule has 17 heavy (non-hydrogen) atoms. The monoisotopic (exact) mass is 233 g/mol. The Morgan fingerprint density at radius 2 is 2.41 bits per heavy atom. The zero-order valence-corrected chi connectivity index (χ0v) is 9.68. The maximum Gasteiger partial charge on any atom is 0.226 e. The molecule has 0 unspecified atom stereocenters. The zero-order valence-electron chi connectivity index (χ0n) is 9.68. The molecule has 5 heteroatoms. The van der Waals surface area contributed by atoms with E-state index in [0.29, 0.717) is 0 Å². The smallest absolute Gasteiger partial charge is 0.226 e. The van der Waals surface area contributed by atoms with Crippen LogP contribution in [0.3, 0.4) is 0 Å². The number of aliphatic hydroxyl groups is 1. The van der Waals surface area contributed by atoms with E-state index in [-0.39, 0.29) is 25.5 Å². The van der Waals surface area contributed by atoms with Crippen molar-refractivity contribution in [1.82, 2.24) is 14.7 Å². The number of pyridine rings is 1. The van der Waals surface area contributed by atoms with Crippen LogP contribution in [0.15, 0.2) is 24.5 Å². The zero-order chi connectivity index (χ0) is 12.3. The molecule has 1 amide bonds. The van der Waals surface area contributed by atoms with Crippen LogP contribution >= 0.6 is 0 Å². The number of rotatable bonds is 4. The van der Waals surface area contributed by atoms with Crippen molar-refractivity contribution >= 4 is 11.6 Å². The second kappa shape index (κ2) is 4.97. The van der Waals surface area contributed by atoms with Gasteiger partial charge in [0, 0.05) is 18.9 Å². The minimum Gasteiger partial charge on any atom is -0.395 e. The van der Waals surface area contributed by atoms with Gasteiger partial charge >= 0.3 is 0 Å². The molecule has 0 bridgehead atoms. The lowest BCUT2D eigenvalue weighted by atomic mass is 10.3. The van der Waals surface area contributed by atoms with Gasteiger partial charge < -0.3 is 14.8 Å². The average molecular weight is 233 g/mol. The molecule has 90 valence electrons. The maximum atomic E-state index is 11.4. The summed E-state index contributed by atoms with van der Waals surface area (Å²) < 4.78 is 1.89. The number of hydrogen-bond acceptors (Lipinski definition) is 3. The predicted molar refractivity (Wildman–Crippen MR) is 63.7 cm³/mol. The molecule has 0 saturated heterocycles. The largest absolute Gasteiger partial charge is 0.395 e. The first kappa shape index (κ1) is 11.6.